The second-order valence-electron chi connectivity index (χ2n) is 4.52. The fraction of sp³-hybridized carbons (Fsp3) is 0.333. The maximum absolute atomic E-state index is 11.6. The van der Waals surface area contributed by atoms with Crippen LogP contribution in [0.15, 0.2) is 42.9 Å². The zero-order valence-corrected chi connectivity index (χ0v) is 10.9. The van der Waals surface area contributed by atoms with E-state index >= 15 is 0 Å². The van der Waals surface area contributed by atoms with Gasteiger partial charge in [0, 0.05) is 24.9 Å². The van der Waals surface area contributed by atoms with Gasteiger partial charge in [0.25, 0.3) is 0 Å². The van der Waals surface area contributed by atoms with E-state index < -0.39 is 0 Å². The Balaban J connectivity index is 1.57. The van der Waals surface area contributed by atoms with Crippen LogP contribution in [0.25, 0.3) is 0 Å². The molecule has 1 aromatic heterocycles. The number of aromatic nitrogens is 2. The highest BCUT2D eigenvalue weighted by Gasteiger charge is 2.02. The Bertz CT molecular complexity index is 479. The number of nitrogens with zero attached hydrogens (tertiary/aromatic N) is 1. The molecular formula is C15H19N3O. The first-order valence-electron chi connectivity index (χ1n) is 6.62. The third-order valence-electron chi connectivity index (χ3n) is 2.98. The smallest absolute Gasteiger partial charge is 0.220 e. The van der Waals surface area contributed by atoms with Crippen molar-refractivity contribution in [3.05, 3.63) is 54.1 Å². The summed E-state index contributed by atoms with van der Waals surface area (Å²) in [6, 6.07) is 10.3. The molecule has 1 aromatic carbocycles. The molecule has 0 unspecified atom stereocenters. The third-order valence-corrected chi connectivity index (χ3v) is 2.98. The van der Waals surface area contributed by atoms with E-state index in [1.54, 1.807) is 12.5 Å². The van der Waals surface area contributed by atoms with Crippen molar-refractivity contribution in [3.63, 3.8) is 0 Å². The van der Waals surface area contributed by atoms with Crippen LogP contribution in [-0.4, -0.2) is 22.4 Å². The Kier molecular flexibility index (Phi) is 5.17. The van der Waals surface area contributed by atoms with Crippen LogP contribution in [0.1, 0.15) is 24.1 Å². The summed E-state index contributed by atoms with van der Waals surface area (Å²) in [6.45, 7) is 0.733. The van der Waals surface area contributed by atoms with E-state index in [2.05, 4.69) is 27.4 Å². The predicted octanol–water partition coefficient (Wildman–Crippen LogP) is 2.09. The Morgan fingerprint density at radius 1 is 1.21 bits per heavy atom. The molecule has 2 N–H and O–H groups in total. The molecule has 0 atom stereocenters. The minimum absolute atomic E-state index is 0.0997. The molecule has 0 saturated heterocycles. The maximum atomic E-state index is 11.6. The van der Waals surface area contributed by atoms with Crippen LogP contribution >= 0.6 is 0 Å². The summed E-state index contributed by atoms with van der Waals surface area (Å²) in [6.07, 6.45) is 6.58. The lowest BCUT2D eigenvalue weighted by Gasteiger charge is -2.05. The van der Waals surface area contributed by atoms with Gasteiger partial charge in [-0.1, -0.05) is 30.3 Å². The van der Waals surface area contributed by atoms with E-state index in [1.807, 2.05) is 18.2 Å². The zero-order chi connectivity index (χ0) is 13.3. The number of rotatable bonds is 7. The molecule has 0 fully saturated rings. The highest BCUT2D eigenvalue weighted by atomic mass is 16.1. The fourth-order valence-corrected chi connectivity index (χ4v) is 1.92. The number of hydrogen-bond donors (Lipinski definition) is 2. The molecule has 0 spiro atoms. The normalized spacial score (nSPS) is 10.3. The molecule has 0 saturated carbocycles. The van der Waals surface area contributed by atoms with Crippen LogP contribution in [-0.2, 0) is 17.6 Å². The average molecular weight is 257 g/mol. The number of H-pyrrole nitrogens is 1. The molecule has 0 bridgehead atoms. The van der Waals surface area contributed by atoms with Crippen molar-refractivity contribution in [2.45, 2.75) is 25.7 Å². The number of benzene rings is 1. The minimum Gasteiger partial charge on any atom is -0.356 e. The van der Waals surface area contributed by atoms with Gasteiger partial charge >= 0.3 is 0 Å². The van der Waals surface area contributed by atoms with Gasteiger partial charge in [0.2, 0.25) is 5.91 Å². The number of aryl methyl sites for hydroxylation is 2. The van der Waals surface area contributed by atoms with Gasteiger partial charge in [-0.05, 0) is 24.8 Å². The summed E-state index contributed by atoms with van der Waals surface area (Å²) in [5.74, 6) is 0.0997. The highest BCUT2D eigenvalue weighted by Crippen LogP contribution is 2.01. The molecule has 1 amide bonds. The van der Waals surface area contributed by atoms with Gasteiger partial charge in [-0.15, -0.1) is 0 Å². The summed E-state index contributed by atoms with van der Waals surface area (Å²) in [4.78, 5) is 18.5. The molecule has 4 heteroatoms. The lowest BCUT2D eigenvalue weighted by molar-refractivity contribution is -0.121. The molecule has 0 aliphatic rings. The van der Waals surface area contributed by atoms with Gasteiger partial charge in [-0.3, -0.25) is 4.79 Å². The summed E-state index contributed by atoms with van der Waals surface area (Å²) in [5.41, 5.74) is 2.31. The summed E-state index contributed by atoms with van der Waals surface area (Å²) >= 11 is 0. The quantitative estimate of drug-likeness (QED) is 0.746. The van der Waals surface area contributed by atoms with Crippen molar-refractivity contribution in [3.8, 4) is 0 Å². The van der Waals surface area contributed by atoms with Crippen LogP contribution in [0.4, 0.5) is 0 Å². The summed E-state index contributed by atoms with van der Waals surface area (Å²) in [5, 5.41) is 2.94. The predicted molar refractivity (Wildman–Crippen MR) is 74.7 cm³/mol. The van der Waals surface area contributed by atoms with Gasteiger partial charge < -0.3 is 10.3 Å². The lowest BCUT2D eigenvalue weighted by Crippen LogP contribution is -2.25. The Morgan fingerprint density at radius 3 is 2.79 bits per heavy atom. The van der Waals surface area contributed by atoms with E-state index in [0.717, 1.165) is 25.1 Å². The first-order valence-corrected chi connectivity index (χ1v) is 6.62. The SMILES string of the molecule is O=C(CCc1cnc[nH]1)NCCCc1ccccc1. The van der Waals surface area contributed by atoms with Crippen molar-refractivity contribution < 1.29 is 4.79 Å². The van der Waals surface area contributed by atoms with Crippen molar-refractivity contribution in [2.75, 3.05) is 6.54 Å². The van der Waals surface area contributed by atoms with Crippen LogP contribution in [0, 0.1) is 0 Å². The Labute approximate surface area is 113 Å². The molecule has 2 aromatic rings. The number of hydrogen-bond acceptors (Lipinski definition) is 2. The van der Waals surface area contributed by atoms with E-state index in [4.69, 9.17) is 0 Å². The number of aromatic amines is 1. The molecular weight excluding hydrogens is 238 g/mol. The standard InChI is InChI=1S/C15H19N3O/c19-15(9-8-14-11-16-12-18-14)17-10-4-7-13-5-2-1-3-6-13/h1-3,5-6,11-12H,4,7-10H2,(H,16,18)(H,17,19). The van der Waals surface area contributed by atoms with Crippen LogP contribution in [0.2, 0.25) is 0 Å². The molecule has 1 heterocycles. The molecule has 19 heavy (non-hydrogen) atoms. The molecule has 4 nitrogen and oxygen atoms in total. The third kappa shape index (κ3) is 4.95. The first-order chi connectivity index (χ1) is 9.34. The average Bonchev–Trinajstić information content (AvgIpc) is 2.96. The van der Waals surface area contributed by atoms with Crippen molar-refractivity contribution >= 4 is 5.91 Å². The van der Waals surface area contributed by atoms with Crippen LogP contribution in [0.3, 0.4) is 0 Å². The van der Waals surface area contributed by atoms with E-state index in [-0.39, 0.29) is 5.91 Å². The monoisotopic (exact) mass is 257 g/mol. The number of amides is 1. The van der Waals surface area contributed by atoms with E-state index in [1.165, 1.54) is 5.56 Å². The summed E-state index contributed by atoms with van der Waals surface area (Å²) in [7, 11) is 0. The van der Waals surface area contributed by atoms with Gasteiger partial charge in [0.15, 0.2) is 0 Å². The van der Waals surface area contributed by atoms with Crippen molar-refractivity contribution in [1.29, 1.82) is 0 Å². The molecule has 0 radical (unpaired) electrons. The largest absolute Gasteiger partial charge is 0.356 e. The number of carbonyl (C=O) groups is 1. The van der Waals surface area contributed by atoms with E-state index in [9.17, 15) is 4.79 Å². The first kappa shape index (κ1) is 13.3. The molecule has 2 rings (SSSR count). The van der Waals surface area contributed by atoms with Gasteiger partial charge in [0.1, 0.15) is 0 Å². The highest BCUT2D eigenvalue weighted by molar-refractivity contribution is 5.76. The second kappa shape index (κ2) is 7.36. The fourth-order valence-electron chi connectivity index (χ4n) is 1.92. The topological polar surface area (TPSA) is 57.8 Å². The number of nitrogens with one attached hydrogen (secondary N) is 2. The molecule has 0 aliphatic carbocycles. The zero-order valence-electron chi connectivity index (χ0n) is 10.9. The van der Waals surface area contributed by atoms with Gasteiger partial charge in [0.05, 0.1) is 6.33 Å². The van der Waals surface area contributed by atoms with Gasteiger partial charge in [-0.2, -0.15) is 0 Å². The minimum atomic E-state index is 0.0997. The maximum Gasteiger partial charge on any atom is 0.220 e. The number of imidazole rings is 1. The number of carbonyl (C=O) groups excluding carboxylic acids is 1. The van der Waals surface area contributed by atoms with E-state index in [0.29, 0.717) is 12.8 Å². The summed E-state index contributed by atoms with van der Waals surface area (Å²) < 4.78 is 0. The van der Waals surface area contributed by atoms with Gasteiger partial charge in [-0.25, -0.2) is 4.98 Å². The Hall–Kier alpha value is -2.10. The lowest BCUT2D eigenvalue weighted by atomic mass is 10.1. The van der Waals surface area contributed by atoms with Crippen LogP contribution < -0.4 is 5.32 Å². The second-order valence-corrected chi connectivity index (χ2v) is 4.52. The van der Waals surface area contributed by atoms with Crippen LogP contribution in [0.5, 0.6) is 0 Å². The Morgan fingerprint density at radius 2 is 2.05 bits per heavy atom. The molecule has 100 valence electrons. The van der Waals surface area contributed by atoms with Crippen molar-refractivity contribution in [2.24, 2.45) is 0 Å². The molecule has 0 aliphatic heterocycles. The van der Waals surface area contributed by atoms with Crippen molar-refractivity contribution in [1.82, 2.24) is 15.3 Å².